The Bertz CT molecular complexity index is 562. The zero-order valence-corrected chi connectivity index (χ0v) is 25.3. The molecule has 1 heterocycles. The standard InChI is InChI=1S/C34H67N2/c1-4-7-9-11-13-15-17-18-19-20-21-23-25-27-29-34-35(30-6-3)32-33-36(34)31-28-26-24-22-16-14-12-10-8-5-2/h32-33H,4-31H2,1-3H3/q+1. The van der Waals surface area contributed by atoms with Gasteiger partial charge < -0.3 is 0 Å². The predicted octanol–water partition coefficient (Wildman–Crippen LogP) is 11.1. The lowest BCUT2D eigenvalue weighted by Crippen LogP contribution is -2.37. The van der Waals surface area contributed by atoms with Crippen molar-refractivity contribution in [2.45, 2.75) is 201 Å². The van der Waals surface area contributed by atoms with Crippen LogP contribution in [0.2, 0.25) is 0 Å². The lowest BCUT2D eigenvalue weighted by atomic mass is 10.0. The first kappa shape index (κ1) is 33.2. The van der Waals surface area contributed by atoms with E-state index in [0.717, 1.165) is 0 Å². The van der Waals surface area contributed by atoms with E-state index in [0.29, 0.717) is 0 Å². The third kappa shape index (κ3) is 18.5. The summed E-state index contributed by atoms with van der Waals surface area (Å²) in [5.41, 5.74) is 0. The zero-order chi connectivity index (χ0) is 25.9. The van der Waals surface area contributed by atoms with Crippen molar-refractivity contribution in [3.8, 4) is 0 Å². The van der Waals surface area contributed by atoms with Gasteiger partial charge in [-0.1, -0.05) is 156 Å². The summed E-state index contributed by atoms with van der Waals surface area (Å²) in [4.78, 5) is 0. The van der Waals surface area contributed by atoms with Crippen LogP contribution in [0.3, 0.4) is 0 Å². The van der Waals surface area contributed by atoms with E-state index in [-0.39, 0.29) is 0 Å². The van der Waals surface area contributed by atoms with Gasteiger partial charge in [-0.2, -0.15) is 0 Å². The van der Waals surface area contributed by atoms with Crippen molar-refractivity contribution >= 4 is 0 Å². The van der Waals surface area contributed by atoms with Crippen molar-refractivity contribution in [3.63, 3.8) is 0 Å². The van der Waals surface area contributed by atoms with Crippen LogP contribution in [-0.2, 0) is 19.5 Å². The van der Waals surface area contributed by atoms with Gasteiger partial charge in [-0.05, 0) is 25.7 Å². The summed E-state index contributed by atoms with van der Waals surface area (Å²) in [6, 6.07) is 0. The Morgan fingerprint density at radius 3 is 1.28 bits per heavy atom. The summed E-state index contributed by atoms with van der Waals surface area (Å²) in [6.07, 6.45) is 41.6. The molecule has 1 aromatic rings. The second-order valence-electron chi connectivity index (χ2n) is 11.6. The van der Waals surface area contributed by atoms with Crippen LogP contribution in [0, 0.1) is 0 Å². The molecule has 1 rings (SSSR count). The molecule has 0 saturated carbocycles. The maximum Gasteiger partial charge on any atom is 0.256 e. The molecule has 0 aliphatic heterocycles. The maximum absolute atomic E-state index is 2.59. The molecule has 0 fully saturated rings. The Morgan fingerprint density at radius 2 is 0.861 bits per heavy atom. The summed E-state index contributed by atoms with van der Waals surface area (Å²) < 4.78 is 5.13. The van der Waals surface area contributed by atoms with Gasteiger partial charge >= 0.3 is 0 Å². The number of unbranched alkanes of at least 4 members (excludes halogenated alkanes) is 22. The molecule has 0 bridgehead atoms. The molecule has 0 aromatic carbocycles. The van der Waals surface area contributed by atoms with E-state index >= 15 is 0 Å². The topological polar surface area (TPSA) is 8.81 Å². The molecule has 0 unspecified atom stereocenters. The van der Waals surface area contributed by atoms with Crippen LogP contribution in [0.25, 0.3) is 0 Å². The molecular weight excluding hydrogens is 436 g/mol. The largest absolute Gasteiger partial charge is 0.256 e. The first-order chi connectivity index (χ1) is 17.8. The fourth-order valence-electron chi connectivity index (χ4n) is 5.68. The van der Waals surface area contributed by atoms with E-state index < -0.39 is 0 Å². The van der Waals surface area contributed by atoms with Gasteiger partial charge in [-0.3, -0.25) is 0 Å². The number of nitrogens with zero attached hydrogens (tertiary/aromatic N) is 2. The van der Waals surface area contributed by atoms with Crippen molar-refractivity contribution in [2.24, 2.45) is 0 Å². The summed E-state index contributed by atoms with van der Waals surface area (Å²) in [5.74, 6) is 1.59. The quantitative estimate of drug-likeness (QED) is 0.0794. The number of aromatic nitrogens is 2. The van der Waals surface area contributed by atoms with Crippen LogP contribution in [-0.4, -0.2) is 4.57 Å². The molecule has 1 aromatic heterocycles. The van der Waals surface area contributed by atoms with Gasteiger partial charge in [0.25, 0.3) is 5.82 Å². The molecule has 0 radical (unpaired) electrons. The molecule has 36 heavy (non-hydrogen) atoms. The van der Waals surface area contributed by atoms with Crippen molar-refractivity contribution < 1.29 is 4.57 Å². The highest BCUT2D eigenvalue weighted by molar-refractivity contribution is 4.84. The molecule has 0 saturated heterocycles. The normalized spacial score (nSPS) is 11.5. The van der Waals surface area contributed by atoms with E-state index in [9.17, 15) is 0 Å². The van der Waals surface area contributed by atoms with Crippen LogP contribution < -0.4 is 4.57 Å². The van der Waals surface area contributed by atoms with Crippen molar-refractivity contribution in [1.29, 1.82) is 0 Å². The Kier molecular flexibility index (Phi) is 23.9. The number of imidazole rings is 1. The van der Waals surface area contributed by atoms with E-state index in [4.69, 9.17) is 0 Å². The first-order valence-electron chi connectivity index (χ1n) is 16.9. The summed E-state index contributed by atoms with van der Waals surface area (Å²) in [5, 5.41) is 0. The third-order valence-electron chi connectivity index (χ3n) is 8.06. The average Bonchev–Trinajstić information content (AvgIpc) is 3.26. The predicted molar refractivity (Wildman–Crippen MR) is 161 cm³/mol. The fourth-order valence-corrected chi connectivity index (χ4v) is 5.68. The van der Waals surface area contributed by atoms with Crippen molar-refractivity contribution in [3.05, 3.63) is 18.2 Å². The lowest BCUT2D eigenvalue weighted by molar-refractivity contribution is -0.704. The van der Waals surface area contributed by atoms with Gasteiger partial charge in [0, 0.05) is 6.42 Å². The zero-order valence-electron chi connectivity index (χ0n) is 25.3. The maximum atomic E-state index is 2.59. The molecule has 0 amide bonds. The molecule has 2 nitrogen and oxygen atoms in total. The average molecular weight is 504 g/mol. The van der Waals surface area contributed by atoms with Crippen LogP contribution in [0.1, 0.15) is 187 Å². The van der Waals surface area contributed by atoms with E-state index in [2.05, 4.69) is 42.3 Å². The molecule has 2 heteroatoms. The molecule has 0 aliphatic carbocycles. The first-order valence-corrected chi connectivity index (χ1v) is 16.9. The molecule has 0 spiro atoms. The number of aryl methyl sites for hydroxylation is 2. The van der Waals surface area contributed by atoms with Crippen LogP contribution in [0.4, 0.5) is 0 Å². The van der Waals surface area contributed by atoms with Crippen LogP contribution in [0.5, 0.6) is 0 Å². The van der Waals surface area contributed by atoms with Gasteiger partial charge in [-0.25, -0.2) is 9.13 Å². The highest BCUT2D eigenvalue weighted by Gasteiger charge is 2.15. The van der Waals surface area contributed by atoms with Gasteiger partial charge in [0.1, 0.15) is 12.4 Å². The van der Waals surface area contributed by atoms with E-state index in [1.54, 1.807) is 5.82 Å². The summed E-state index contributed by atoms with van der Waals surface area (Å²) in [7, 11) is 0. The van der Waals surface area contributed by atoms with Gasteiger partial charge in [0.2, 0.25) is 0 Å². The molecule has 0 N–H and O–H groups in total. The van der Waals surface area contributed by atoms with Crippen LogP contribution >= 0.6 is 0 Å². The smallest absolute Gasteiger partial charge is 0.234 e. The minimum atomic E-state index is 1.18. The monoisotopic (exact) mass is 504 g/mol. The SMILES string of the molecule is CCCCCCCCCCCCCCCCc1n(CCC)cc[n+]1CCCCCCCCCCCC. The van der Waals surface area contributed by atoms with Crippen molar-refractivity contribution in [1.82, 2.24) is 4.57 Å². The number of hydrogen-bond acceptors (Lipinski definition) is 0. The summed E-state index contributed by atoms with van der Waals surface area (Å²) in [6.45, 7) is 9.32. The molecule has 0 aliphatic rings. The van der Waals surface area contributed by atoms with E-state index in [1.807, 2.05) is 0 Å². The van der Waals surface area contributed by atoms with E-state index in [1.165, 1.54) is 180 Å². The van der Waals surface area contributed by atoms with Gasteiger partial charge in [0.05, 0.1) is 13.1 Å². The molecule has 0 atom stereocenters. The van der Waals surface area contributed by atoms with Gasteiger partial charge in [-0.15, -0.1) is 0 Å². The number of hydrogen-bond donors (Lipinski definition) is 0. The summed E-state index contributed by atoms with van der Waals surface area (Å²) >= 11 is 0. The third-order valence-corrected chi connectivity index (χ3v) is 8.06. The Labute approximate surface area is 228 Å². The number of rotatable bonds is 28. The Hall–Kier alpha value is -0.790. The second kappa shape index (κ2) is 25.8. The fraction of sp³-hybridized carbons (Fsp3) is 0.912. The Balaban J connectivity index is 2.08. The molecule has 212 valence electrons. The highest BCUT2D eigenvalue weighted by Crippen LogP contribution is 2.14. The molecular formula is C34H67N2+. The second-order valence-corrected chi connectivity index (χ2v) is 11.6. The van der Waals surface area contributed by atoms with Crippen LogP contribution in [0.15, 0.2) is 12.4 Å². The minimum absolute atomic E-state index is 1.18. The Morgan fingerprint density at radius 1 is 0.472 bits per heavy atom. The van der Waals surface area contributed by atoms with Gasteiger partial charge in [0.15, 0.2) is 0 Å². The lowest BCUT2D eigenvalue weighted by Gasteiger charge is -2.06. The van der Waals surface area contributed by atoms with Crippen molar-refractivity contribution in [2.75, 3.05) is 0 Å². The highest BCUT2D eigenvalue weighted by atomic mass is 15.1. The minimum Gasteiger partial charge on any atom is -0.234 e.